The summed E-state index contributed by atoms with van der Waals surface area (Å²) in [6.45, 7) is 0.712. The summed E-state index contributed by atoms with van der Waals surface area (Å²) in [4.78, 5) is 28.4. The number of nitrogens with one attached hydrogen (secondary N) is 2. The molecule has 1 atom stereocenters. The van der Waals surface area contributed by atoms with Crippen molar-refractivity contribution < 1.29 is 27.8 Å². The van der Waals surface area contributed by atoms with Gasteiger partial charge in [0, 0.05) is 17.5 Å². The molecule has 0 aliphatic heterocycles. The van der Waals surface area contributed by atoms with E-state index >= 15 is 0 Å². The zero-order valence-electron chi connectivity index (χ0n) is 18.4. The van der Waals surface area contributed by atoms with E-state index in [9.17, 15) is 18.4 Å². The average molecular weight is 471 g/mol. The van der Waals surface area contributed by atoms with Crippen LogP contribution in [-0.4, -0.2) is 39.8 Å². The van der Waals surface area contributed by atoms with Crippen LogP contribution < -0.4 is 20.1 Å². The standard InChI is InChI=1S/C23H23F2N5O4/c1-3-33-20-12-16(4-10-19(20)34-23(24)25)5-11-21(31)28-17-6-8-18(9-7-17)29-22(32)15(2)30-14-26-13-27-30/h4-15,23H,3H2,1-2H3,(H,28,31)(H,29,32)/b11-5+/t15-/m0/s1. The molecule has 0 aliphatic rings. The number of hydrogen-bond acceptors (Lipinski definition) is 6. The van der Waals surface area contributed by atoms with Crippen molar-refractivity contribution >= 4 is 29.3 Å². The maximum absolute atomic E-state index is 12.5. The third kappa shape index (κ3) is 6.86. The molecule has 2 N–H and O–H groups in total. The second-order valence-corrected chi connectivity index (χ2v) is 6.96. The van der Waals surface area contributed by atoms with Crippen LogP contribution in [0.1, 0.15) is 25.5 Å². The van der Waals surface area contributed by atoms with Crippen LogP contribution in [0.4, 0.5) is 20.2 Å². The zero-order valence-corrected chi connectivity index (χ0v) is 18.4. The minimum absolute atomic E-state index is 0.0821. The van der Waals surface area contributed by atoms with Gasteiger partial charge in [-0.3, -0.25) is 9.59 Å². The molecule has 34 heavy (non-hydrogen) atoms. The molecule has 0 saturated carbocycles. The number of carbonyl (C=O) groups is 2. The number of alkyl halides is 2. The highest BCUT2D eigenvalue weighted by Crippen LogP contribution is 2.30. The Morgan fingerprint density at radius 2 is 1.79 bits per heavy atom. The molecule has 11 heteroatoms. The van der Waals surface area contributed by atoms with Crippen molar-refractivity contribution in [1.29, 1.82) is 0 Å². The Balaban J connectivity index is 1.57. The number of ether oxygens (including phenoxy) is 2. The van der Waals surface area contributed by atoms with Gasteiger partial charge in [0.25, 0.3) is 0 Å². The lowest BCUT2D eigenvalue weighted by Crippen LogP contribution is -2.24. The van der Waals surface area contributed by atoms with Gasteiger partial charge in [-0.05, 0) is 61.9 Å². The van der Waals surface area contributed by atoms with Crippen LogP contribution in [0.3, 0.4) is 0 Å². The van der Waals surface area contributed by atoms with Gasteiger partial charge in [-0.2, -0.15) is 13.9 Å². The number of hydrogen-bond donors (Lipinski definition) is 2. The topological polar surface area (TPSA) is 107 Å². The summed E-state index contributed by atoms with van der Waals surface area (Å²) in [5, 5.41) is 9.41. The number of carbonyl (C=O) groups excluding carboxylic acids is 2. The molecule has 0 saturated heterocycles. The van der Waals surface area contributed by atoms with E-state index in [1.807, 2.05) is 0 Å². The van der Waals surface area contributed by atoms with Gasteiger partial charge in [-0.25, -0.2) is 9.67 Å². The number of benzene rings is 2. The Hall–Kier alpha value is -4.28. The molecular weight excluding hydrogens is 448 g/mol. The number of anilines is 2. The smallest absolute Gasteiger partial charge is 0.387 e. The van der Waals surface area contributed by atoms with Gasteiger partial charge >= 0.3 is 6.61 Å². The molecule has 2 aromatic carbocycles. The van der Waals surface area contributed by atoms with Gasteiger partial charge in [0.2, 0.25) is 11.8 Å². The van der Waals surface area contributed by atoms with Crippen LogP contribution in [-0.2, 0) is 9.59 Å². The molecule has 0 aliphatic carbocycles. The lowest BCUT2D eigenvalue weighted by atomic mass is 10.2. The van der Waals surface area contributed by atoms with Crippen molar-refractivity contribution in [2.75, 3.05) is 17.2 Å². The first-order chi connectivity index (χ1) is 16.4. The number of rotatable bonds is 10. The van der Waals surface area contributed by atoms with E-state index in [1.165, 1.54) is 47.7 Å². The summed E-state index contributed by atoms with van der Waals surface area (Å²) in [6.07, 6.45) is 5.63. The molecule has 0 radical (unpaired) electrons. The molecule has 1 aromatic heterocycles. The first-order valence-electron chi connectivity index (χ1n) is 10.3. The van der Waals surface area contributed by atoms with Crippen LogP contribution in [0.15, 0.2) is 61.2 Å². The molecule has 0 bridgehead atoms. The van der Waals surface area contributed by atoms with Crippen molar-refractivity contribution in [1.82, 2.24) is 14.8 Å². The van der Waals surface area contributed by atoms with Crippen molar-refractivity contribution in [3.63, 3.8) is 0 Å². The molecule has 1 heterocycles. The van der Waals surface area contributed by atoms with E-state index in [1.54, 1.807) is 38.1 Å². The maximum Gasteiger partial charge on any atom is 0.387 e. The highest BCUT2D eigenvalue weighted by atomic mass is 19.3. The summed E-state index contributed by atoms with van der Waals surface area (Å²) in [5.74, 6) is -0.591. The van der Waals surface area contributed by atoms with Crippen LogP contribution in [0.2, 0.25) is 0 Å². The van der Waals surface area contributed by atoms with Crippen molar-refractivity contribution in [2.45, 2.75) is 26.5 Å². The Labute approximate surface area is 194 Å². The van der Waals surface area contributed by atoms with Gasteiger partial charge in [-0.1, -0.05) is 6.07 Å². The van der Waals surface area contributed by atoms with Gasteiger partial charge in [0.05, 0.1) is 6.61 Å². The third-order valence-corrected chi connectivity index (χ3v) is 4.54. The van der Waals surface area contributed by atoms with Crippen LogP contribution in [0.5, 0.6) is 11.5 Å². The number of amides is 2. The fourth-order valence-corrected chi connectivity index (χ4v) is 2.87. The highest BCUT2D eigenvalue weighted by molar-refractivity contribution is 6.02. The van der Waals surface area contributed by atoms with Gasteiger partial charge < -0.3 is 20.1 Å². The maximum atomic E-state index is 12.5. The predicted octanol–water partition coefficient (Wildman–Crippen LogP) is 4.13. The van der Waals surface area contributed by atoms with Crippen LogP contribution in [0, 0.1) is 0 Å². The Morgan fingerprint density at radius 1 is 1.09 bits per heavy atom. The molecular formula is C23H23F2N5O4. The van der Waals surface area contributed by atoms with E-state index in [-0.39, 0.29) is 24.0 Å². The summed E-state index contributed by atoms with van der Waals surface area (Å²) in [7, 11) is 0. The fraction of sp³-hybridized carbons (Fsp3) is 0.217. The van der Waals surface area contributed by atoms with Crippen LogP contribution in [0.25, 0.3) is 6.08 Å². The lowest BCUT2D eigenvalue weighted by molar-refractivity contribution is -0.119. The van der Waals surface area contributed by atoms with Crippen LogP contribution >= 0.6 is 0 Å². The zero-order chi connectivity index (χ0) is 24.5. The molecule has 0 fully saturated rings. The largest absolute Gasteiger partial charge is 0.490 e. The van der Waals surface area contributed by atoms with Crippen molar-refractivity contribution in [3.8, 4) is 11.5 Å². The highest BCUT2D eigenvalue weighted by Gasteiger charge is 2.15. The molecule has 2 amide bonds. The predicted molar refractivity (Wildman–Crippen MR) is 122 cm³/mol. The van der Waals surface area contributed by atoms with Gasteiger partial charge in [-0.15, -0.1) is 0 Å². The normalized spacial score (nSPS) is 11.9. The van der Waals surface area contributed by atoms with Crippen molar-refractivity contribution in [3.05, 3.63) is 66.8 Å². The summed E-state index contributed by atoms with van der Waals surface area (Å²) in [6, 6.07) is 10.4. The third-order valence-electron chi connectivity index (χ3n) is 4.54. The molecule has 9 nitrogen and oxygen atoms in total. The molecule has 3 rings (SSSR count). The van der Waals surface area contributed by atoms with Gasteiger partial charge in [0.15, 0.2) is 11.5 Å². The van der Waals surface area contributed by atoms with E-state index < -0.39 is 18.6 Å². The second-order valence-electron chi connectivity index (χ2n) is 6.96. The Kier molecular flexibility index (Phi) is 8.27. The molecule has 178 valence electrons. The first-order valence-corrected chi connectivity index (χ1v) is 10.3. The molecule has 0 spiro atoms. The number of nitrogens with zero attached hydrogens (tertiary/aromatic N) is 3. The van der Waals surface area contributed by atoms with Gasteiger partial charge in [0.1, 0.15) is 18.7 Å². The van der Waals surface area contributed by atoms with E-state index in [0.717, 1.165) is 0 Å². The SMILES string of the molecule is CCOc1cc(/C=C/C(=O)Nc2ccc(NC(=O)[C@H](C)n3cncn3)cc2)ccc1OC(F)F. The monoisotopic (exact) mass is 471 g/mol. The fourth-order valence-electron chi connectivity index (χ4n) is 2.87. The summed E-state index contributed by atoms with van der Waals surface area (Å²) >= 11 is 0. The van der Waals surface area contributed by atoms with E-state index in [2.05, 4.69) is 25.5 Å². The van der Waals surface area contributed by atoms with E-state index in [0.29, 0.717) is 16.9 Å². The van der Waals surface area contributed by atoms with Crippen molar-refractivity contribution in [2.24, 2.45) is 0 Å². The number of halogens is 2. The number of aromatic nitrogens is 3. The lowest BCUT2D eigenvalue weighted by Gasteiger charge is -2.12. The van der Waals surface area contributed by atoms with E-state index in [4.69, 9.17) is 4.74 Å². The summed E-state index contributed by atoms with van der Waals surface area (Å²) < 4.78 is 36.2. The Morgan fingerprint density at radius 3 is 2.41 bits per heavy atom. The molecule has 3 aromatic rings. The first kappa shape index (κ1) is 24.4. The second kappa shape index (κ2) is 11.5. The quantitative estimate of drug-likeness (QED) is 0.431. The molecule has 0 unspecified atom stereocenters. The average Bonchev–Trinajstić information content (AvgIpc) is 3.35. The minimum atomic E-state index is -2.97. The summed E-state index contributed by atoms with van der Waals surface area (Å²) in [5.41, 5.74) is 1.65. The Bertz CT molecular complexity index is 1130. The minimum Gasteiger partial charge on any atom is -0.490 e.